The minimum atomic E-state index is -0.684. The van der Waals surface area contributed by atoms with Crippen molar-refractivity contribution in [3.05, 3.63) is 152 Å². The quantitative estimate of drug-likeness (QED) is 0.197. The van der Waals surface area contributed by atoms with E-state index in [1.807, 2.05) is 67.6 Å². The Morgan fingerprint density at radius 1 is 0.955 bits per heavy atom. The van der Waals surface area contributed by atoms with Crippen molar-refractivity contribution in [3.8, 4) is 17.9 Å². The molecule has 1 aliphatic heterocycles. The van der Waals surface area contributed by atoms with E-state index in [0.717, 1.165) is 16.7 Å². The van der Waals surface area contributed by atoms with Gasteiger partial charge in [-0.25, -0.2) is 0 Å². The molecule has 0 fully saturated rings. The highest BCUT2D eigenvalue weighted by Gasteiger charge is 2.36. The number of methoxy groups -OCH3 is 1. The maximum atomic E-state index is 13.9. The molecule has 1 heterocycles. The Labute approximate surface area is 266 Å². The molecule has 218 valence electrons. The fraction of sp³-hybridized carbons (Fsp3) is 0.139. The Bertz CT molecular complexity index is 1870. The molecule has 6 nitrogen and oxygen atoms in total. The molecule has 1 aliphatic rings. The van der Waals surface area contributed by atoms with E-state index in [1.165, 1.54) is 11.8 Å². The van der Waals surface area contributed by atoms with Crippen LogP contribution in [0, 0.1) is 22.7 Å². The minimum Gasteiger partial charge on any atom is -0.495 e. The maximum Gasteiger partial charge on any atom is 0.254 e. The zero-order chi connectivity index (χ0) is 31.1. The van der Waals surface area contributed by atoms with Crippen LogP contribution in [0.4, 0.5) is 5.69 Å². The summed E-state index contributed by atoms with van der Waals surface area (Å²) in [6, 6.07) is 34.9. The number of thioether (sulfide) groups is 1. The van der Waals surface area contributed by atoms with E-state index in [4.69, 9.17) is 16.3 Å². The molecule has 1 atom stereocenters. The lowest BCUT2D eigenvalue weighted by molar-refractivity contribution is -0.113. The van der Waals surface area contributed by atoms with Gasteiger partial charge in [-0.3, -0.25) is 4.79 Å². The molecule has 0 aromatic heterocycles. The van der Waals surface area contributed by atoms with Crippen molar-refractivity contribution in [3.63, 3.8) is 0 Å². The summed E-state index contributed by atoms with van der Waals surface area (Å²) in [5.41, 5.74) is 6.58. The third-order valence-electron chi connectivity index (χ3n) is 7.40. The summed E-state index contributed by atoms with van der Waals surface area (Å²) in [5.74, 6) is 0.0807. The van der Waals surface area contributed by atoms with Gasteiger partial charge in [-0.15, -0.1) is 11.8 Å². The molecule has 2 N–H and O–H groups in total. The van der Waals surface area contributed by atoms with E-state index in [2.05, 4.69) is 34.9 Å². The summed E-state index contributed by atoms with van der Waals surface area (Å²) in [5, 5.41) is 27.3. The van der Waals surface area contributed by atoms with Gasteiger partial charge in [0.25, 0.3) is 5.91 Å². The summed E-state index contributed by atoms with van der Waals surface area (Å²) in [6.07, 6.45) is 0.679. The number of ether oxygens (including phenoxy) is 1. The third kappa shape index (κ3) is 6.66. The number of para-hydroxylation sites is 2. The van der Waals surface area contributed by atoms with Crippen LogP contribution in [0.1, 0.15) is 40.7 Å². The van der Waals surface area contributed by atoms with Gasteiger partial charge in [-0.05, 0) is 65.9 Å². The predicted molar refractivity (Wildman–Crippen MR) is 176 cm³/mol. The first kappa shape index (κ1) is 30.5. The Kier molecular flexibility index (Phi) is 9.72. The lowest BCUT2D eigenvalue weighted by atomic mass is 9.82. The number of hydrogen-bond acceptors (Lipinski definition) is 6. The van der Waals surface area contributed by atoms with Crippen LogP contribution in [-0.2, 0) is 17.0 Å². The van der Waals surface area contributed by atoms with Gasteiger partial charge in [0.15, 0.2) is 0 Å². The monoisotopic (exact) mass is 616 g/mol. The number of nitrogens with one attached hydrogen (secondary N) is 2. The van der Waals surface area contributed by atoms with E-state index in [9.17, 15) is 15.3 Å². The highest BCUT2D eigenvalue weighted by molar-refractivity contribution is 8.02. The number of nitriles is 2. The number of benzene rings is 4. The van der Waals surface area contributed by atoms with Gasteiger partial charge in [-0.1, -0.05) is 78.3 Å². The van der Waals surface area contributed by atoms with Gasteiger partial charge in [0.05, 0.1) is 47.0 Å². The topological polar surface area (TPSA) is 97.9 Å². The number of amides is 1. The van der Waals surface area contributed by atoms with Crippen molar-refractivity contribution >= 4 is 35.0 Å². The molecule has 0 saturated carbocycles. The first-order valence-corrected chi connectivity index (χ1v) is 15.3. The number of halogens is 1. The van der Waals surface area contributed by atoms with E-state index in [-0.39, 0.29) is 5.91 Å². The maximum absolute atomic E-state index is 13.9. The SMILES string of the molecule is COc1ccccc1NC(=O)C1=C(C)NC(SCc2ccccc2Cc2cccc(C#N)c2)=C(C#N)C1c1ccccc1Cl. The lowest BCUT2D eigenvalue weighted by Gasteiger charge is -2.30. The van der Waals surface area contributed by atoms with E-state index in [0.29, 0.717) is 61.6 Å². The van der Waals surface area contributed by atoms with Crippen LogP contribution < -0.4 is 15.4 Å². The summed E-state index contributed by atoms with van der Waals surface area (Å²) >= 11 is 8.20. The number of rotatable bonds is 9. The second-order valence-electron chi connectivity index (χ2n) is 10.2. The highest BCUT2D eigenvalue weighted by Crippen LogP contribution is 2.44. The molecule has 44 heavy (non-hydrogen) atoms. The Morgan fingerprint density at radius 2 is 1.68 bits per heavy atom. The Balaban J connectivity index is 1.48. The van der Waals surface area contributed by atoms with Crippen molar-refractivity contribution in [2.75, 3.05) is 12.4 Å². The molecule has 5 rings (SSSR count). The van der Waals surface area contributed by atoms with E-state index in [1.54, 1.807) is 31.4 Å². The molecule has 0 radical (unpaired) electrons. The van der Waals surface area contributed by atoms with Crippen molar-refractivity contribution in [2.24, 2.45) is 0 Å². The minimum absolute atomic E-state index is 0.355. The third-order valence-corrected chi connectivity index (χ3v) is 8.81. The largest absolute Gasteiger partial charge is 0.495 e. The van der Waals surface area contributed by atoms with Crippen LogP contribution in [0.15, 0.2) is 119 Å². The van der Waals surface area contributed by atoms with E-state index >= 15 is 0 Å². The highest BCUT2D eigenvalue weighted by atomic mass is 35.5. The number of nitrogens with zero attached hydrogens (tertiary/aromatic N) is 2. The number of hydrogen-bond donors (Lipinski definition) is 2. The second kappa shape index (κ2) is 14.0. The molecule has 1 amide bonds. The fourth-order valence-corrected chi connectivity index (χ4v) is 6.65. The number of allylic oxidation sites excluding steroid dienone is 2. The van der Waals surface area contributed by atoms with Gasteiger partial charge >= 0.3 is 0 Å². The number of carbonyl (C=O) groups excluding carboxylic acids is 1. The van der Waals surface area contributed by atoms with Crippen molar-refractivity contribution in [1.29, 1.82) is 10.5 Å². The first-order chi connectivity index (χ1) is 21.4. The number of carbonyl (C=O) groups is 1. The molecule has 8 heteroatoms. The van der Waals surface area contributed by atoms with Crippen molar-refractivity contribution in [1.82, 2.24) is 5.32 Å². The molecule has 4 aromatic rings. The van der Waals surface area contributed by atoms with Crippen molar-refractivity contribution < 1.29 is 9.53 Å². The fourth-order valence-electron chi connectivity index (χ4n) is 5.28. The van der Waals surface area contributed by atoms with Gasteiger partial charge in [-0.2, -0.15) is 10.5 Å². The van der Waals surface area contributed by atoms with Crippen LogP contribution in [-0.4, -0.2) is 13.0 Å². The Morgan fingerprint density at radius 3 is 2.43 bits per heavy atom. The van der Waals surface area contributed by atoms with Crippen LogP contribution in [0.25, 0.3) is 0 Å². The normalized spacial score (nSPS) is 14.3. The molecule has 0 bridgehead atoms. The summed E-state index contributed by atoms with van der Waals surface area (Å²) < 4.78 is 5.44. The molecule has 4 aromatic carbocycles. The molecular weight excluding hydrogens is 588 g/mol. The summed E-state index contributed by atoms with van der Waals surface area (Å²) in [6.45, 7) is 1.84. The standard InChI is InChI=1S/C36H29ClN4O2S/c1-23-33(35(42)41-31-16-7-8-17-32(31)43-2)34(28-14-5-6-15-30(28)37)29(21-39)36(40-23)44-22-27-13-4-3-12-26(27)19-24-10-9-11-25(18-24)20-38/h3-18,34,40H,19,22H2,1-2H3,(H,41,42). The summed E-state index contributed by atoms with van der Waals surface area (Å²) in [7, 11) is 1.55. The number of dihydropyridines is 1. The van der Waals surface area contributed by atoms with Crippen LogP contribution in [0.2, 0.25) is 5.02 Å². The summed E-state index contributed by atoms with van der Waals surface area (Å²) in [4.78, 5) is 13.9. The van der Waals surface area contributed by atoms with Gasteiger partial charge in [0.2, 0.25) is 0 Å². The van der Waals surface area contributed by atoms with Crippen molar-refractivity contribution in [2.45, 2.75) is 25.0 Å². The smallest absolute Gasteiger partial charge is 0.254 e. The average Bonchev–Trinajstić information content (AvgIpc) is 3.04. The molecule has 1 unspecified atom stereocenters. The van der Waals surface area contributed by atoms with Crippen LogP contribution >= 0.6 is 23.4 Å². The predicted octanol–water partition coefficient (Wildman–Crippen LogP) is 8.08. The number of anilines is 1. The molecule has 0 saturated heterocycles. The van der Waals surface area contributed by atoms with Crippen LogP contribution in [0.3, 0.4) is 0 Å². The zero-order valence-corrected chi connectivity index (χ0v) is 25.8. The van der Waals surface area contributed by atoms with E-state index < -0.39 is 5.92 Å². The second-order valence-corrected chi connectivity index (χ2v) is 11.6. The van der Waals surface area contributed by atoms with Gasteiger partial charge in [0.1, 0.15) is 5.75 Å². The Hall–Kier alpha value is -4.95. The van der Waals surface area contributed by atoms with Crippen LogP contribution in [0.5, 0.6) is 5.75 Å². The lowest BCUT2D eigenvalue weighted by Crippen LogP contribution is -2.31. The first-order valence-electron chi connectivity index (χ1n) is 13.9. The molecule has 0 aliphatic carbocycles. The molecular formula is C36H29ClN4O2S. The molecule has 0 spiro atoms. The average molecular weight is 617 g/mol. The van der Waals surface area contributed by atoms with Gasteiger partial charge in [0, 0.05) is 22.0 Å². The zero-order valence-electron chi connectivity index (χ0n) is 24.2. The van der Waals surface area contributed by atoms with Gasteiger partial charge < -0.3 is 15.4 Å².